The molecule has 0 N–H and O–H groups in total. The Kier molecular flexibility index (Phi) is 7.67. The molecule has 15 heavy (non-hydrogen) atoms. The Labute approximate surface area is 102 Å². The van der Waals surface area contributed by atoms with Gasteiger partial charge in [-0.05, 0) is 45.2 Å². The van der Waals surface area contributed by atoms with Gasteiger partial charge in [-0.15, -0.1) is 0 Å². The average Bonchev–Trinajstić information content (AvgIpc) is 2.71. The van der Waals surface area contributed by atoms with Crippen molar-refractivity contribution in [2.75, 3.05) is 31.6 Å². The van der Waals surface area contributed by atoms with Crippen LogP contribution in [-0.2, 0) is 4.74 Å². The van der Waals surface area contributed by atoms with Crippen LogP contribution in [0.3, 0.4) is 0 Å². The lowest BCUT2D eigenvalue weighted by Crippen LogP contribution is -2.28. The normalized spacial score (nSPS) is 21.4. The van der Waals surface area contributed by atoms with E-state index in [9.17, 15) is 0 Å². The molecule has 1 aliphatic rings. The Morgan fingerprint density at radius 2 is 2.20 bits per heavy atom. The van der Waals surface area contributed by atoms with E-state index >= 15 is 0 Å². The number of halogens is 1. The van der Waals surface area contributed by atoms with Crippen LogP contribution in [0.1, 0.15) is 39.0 Å². The minimum atomic E-state index is 0.567. The van der Waals surface area contributed by atoms with Crippen molar-refractivity contribution in [2.45, 2.75) is 45.1 Å². The molecule has 0 radical (unpaired) electrons. The molecule has 1 heterocycles. The summed E-state index contributed by atoms with van der Waals surface area (Å²) in [6.45, 7) is 6.89. The van der Waals surface area contributed by atoms with Gasteiger partial charge in [0.05, 0.1) is 6.10 Å². The van der Waals surface area contributed by atoms with E-state index in [1.54, 1.807) is 0 Å². The summed E-state index contributed by atoms with van der Waals surface area (Å²) in [6.07, 6.45) is 6.92. The van der Waals surface area contributed by atoms with Gasteiger partial charge in [-0.1, -0.05) is 22.9 Å². The molecule has 1 rings (SSSR count). The zero-order chi connectivity index (χ0) is 10.9. The number of hydrogen-bond acceptors (Lipinski definition) is 2. The molecule has 0 aromatic rings. The maximum absolute atomic E-state index is 5.63. The molecule has 1 fully saturated rings. The first-order valence-corrected chi connectivity index (χ1v) is 7.39. The fraction of sp³-hybridized carbons (Fsp3) is 1.00. The predicted octanol–water partition coefficient (Wildman–Crippen LogP) is 3.05. The quantitative estimate of drug-likeness (QED) is 0.633. The first kappa shape index (κ1) is 13.5. The van der Waals surface area contributed by atoms with Crippen molar-refractivity contribution in [3.05, 3.63) is 0 Å². The fourth-order valence-electron chi connectivity index (χ4n) is 2.19. The van der Waals surface area contributed by atoms with E-state index in [4.69, 9.17) is 4.74 Å². The number of ether oxygens (including phenoxy) is 1. The molecule has 0 bridgehead atoms. The van der Waals surface area contributed by atoms with Crippen molar-refractivity contribution in [1.82, 2.24) is 4.90 Å². The maximum Gasteiger partial charge on any atom is 0.0576 e. The third kappa shape index (κ3) is 5.88. The largest absolute Gasteiger partial charge is 0.378 e. The van der Waals surface area contributed by atoms with Gasteiger partial charge in [0.2, 0.25) is 0 Å². The SMILES string of the molecule is CCCN(CCBr)CCCC1CCCO1. The van der Waals surface area contributed by atoms with Crippen molar-refractivity contribution in [3.63, 3.8) is 0 Å². The van der Waals surface area contributed by atoms with Crippen LogP contribution in [0, 0.1) is 0 Å². The van der Waals surface area contributed by atoms with Crippen molar-refractivity contribution in [3.8, 4) is 0 Å². The highest BCUT2D eigenvalue weighted by Gasteiger charge is 2.15. The zero-order valence-corrected chi connectivity index (χ0v) is 11.5. The molecular weight excluding hydrogens is 254 g/mol. The number of hydrogen-bond donors (Lipinski definition) is 0. The summed E-state index contributed by atoms with van der Waals surface area (Å²) in [7, 11) is 0. The Morgan fingerprint density at radius 1 is 1.33 bits per heavy atom. The van der Waals surface area contributed by atoms with E-state index in [-0.39, 0.29) is 0 Å². The molecule has 0 aliphatic carbocycles. The molecule has 0 saturated carbocycles. The summed E-state index contributed by atoms with van der Waals surface area (Å²) in [4.78, 5) is 2.55. The smallest absolute Gasteiger partial charge is 0.0576 e. The molecule has 0 aromatic heterocycles. The third-order valence-corrected chi connectivity index (χ3v) is 3.32. The first-order valence-electron chi connectivity index (χ1n) is 6.26. The van der Waals surface area contributed by atoms with Crippen molar-refractivity contribution in [1.29, 1.82) is 0 Å². The molecule has 1 unspecified atom stereocenters. The highest BCUT2D eigenvalue weighted by Crippen LogP contribution is 2.16. The van der Waals surface area contributed by atoms with Gasteiger partial charge >= 0.3 is 0 Å². The van der Waals surface area contributed by atoms with E-state index < -0.39 is 0 Å². The van der Waals surface area contributed by atoms with E-state index in [0.29, 0.717) is 6.10 Å². The second-order valence-electron chi connectivity index (χ2n) is 4.31. The lowest BCUT2D eigenvalue weighted by Gasteiger charge is -2.21. The predicted molar refractivity (Wildman–Crippen MR) is 68.7 cm³/mol. The summed E-state index contributed by atoms with van der Waals surface area (Å²) < 4.78 is 5.63. The van der Waals surface area contributed by atoms with E-state index in [1.165, 1.54) is 51.7 Å². The van der Waals surface area contributed by atoms with Crippen LogP contribution in [0.15, 0.2) is 0 Å². The van der Waals surface area contributed by atoms with Crippen molar-refractivity contribution < 1.29 is 4.74 Å². The van der Waals surface area contributed by atoms with Gasteiger partial charge in [0.15, 0.2) is 0 Å². The summed E-state index contributed by atoms with van der Waals surface area (Å²) in [5.74, 6) is 0. The minimum Gasteiger partial charge on any atom is -0.378 e. The Balaban J connectivity index is 2.04. The van der Waals surface area contributed by atoms with Crippen LogP contribution < -0.4 is 0 Å². The molecule has 1 atom stereocenters. The highest BCUT2D eigenvalue weighted by molar-refractivity contribution is 9.09. The van der Waals surface area contributed by atoms with Crippen LogP contribution in [0.4, 0.5) is 0 Å². The molecular formula is C12H24BrNO. The lowest BCUT2D eigenvalue weighted by atomic mass is 10.1. The zero-order valence-electron chi connectivity index (χ0n) is 9.88. The molecule has 3 heteroatoms. The molecule has 1 aliphatic heterocycles. The fourth-order valence-corrected chi connectivity index (χ4v) is 2.69. The monoisotopic (exact) mass is 277 g/mol. The Morgan fingerprint density at radius 3 is 2.80 bits per heavy atom. The van der Waals surface area contributed by atoms with Gasteiger partial charge in [0, 0.05) is 18.5 Å². The Bertz CT molecular complexity index is 143. The van der Waals surface area contributed by atoms with Crippen molar-refractivity contribution in [2.24, 2.45) is 0 Å². The van der Waals surface area contributed by atoms with Gasteiger partial charge in [-0.2, -0.15) is 0 Å². The minimum absolute atomic E-state index is 0.567. The molecule has 0 spiro atoms. The molecule has 90 valence electrons. The van der Waals surface area contributed by atoms with E-state index in [1.807, 2.05) is 0 Å². The van der Waals surface area contributed by atoms with Crippen LogP contribution in [0.25, 0.3) is 0 Å². The van der Waals surface area contributed by atoms with Crippen molar-refractivity contribution >= 4 is 15.9 Å². The van der Waals surface area contributed by atoms with E-state index in [0.717, 1.165) is 11.9 Å². The lowest BCUT2D eigenvalue weighted by molar-refractivity contribution is 0.0990. The first-order chi connectivity index (χ1) is 7.36. The number of rotatable bonds is 8. The number of alkyl halides is 1. The van der Waals surface area contributed by atoms with Gasteiger partial charge in [-0.3, -0.25) is 0 Å². The Hall–Kier alpha value is 0.400. The standard InChI is InChI=1S/C12H24BrNO/c1-2-8-14(10-7-13)9-3-5-12-6-4-11-15-12/h12H,2-11H2,1H3. The highest BCUT2D eigenvalue weighted by atomic mass is 79.9. The summed E-state index contributed by atoms with van der Waals surface area (Å²) >= 11 is 3.51. The molecule has 1 saturated heterocycles. The second-order valence-corrected chi connectivity index (χ2v) is 5.10. The van der Waals surface area contributed by atoms with Gasteiger partial charge in [0.1, 0.15) is 0 Å². The summed E-state index contributed by atoms with van der Waals surface area (Å²) in [5, 5.41) is 1.09. The van der Waals surface area contributed by atoms with Gasteiger partial charge in [-0.25, -0.2) is 0 Å². The second kappa shape index (κ2) is 8.54. The topological polar surface area (TPSA) is 12.5 Å². The van der Waals surface area contributed by atoms with Gasteiger partial charge < -0.3 is 9.64 Å². The van der Waals surface area contributed by atoms with Crippen LogP contribution in [0.2, 0.25) is 0 Å². The third-order valence-electron chi connectivity index (χ3n) is 2.97. The maximum atomic E-state index is 5.63. The summed E-state index contributed by atoms with van der Waals surface area (Å²) in [6, 6.07) is 0. The molecule has 2 nitrogen and oxygen atoms in total. The van der Waals surface area contributed by atoms with Crippen LogP contribution >= 0.6 is 15.9 Å². The van der Waals surface area contributed by atoms with Crippen LogP contribution in [0.5, 0.6) is 0 Å². The molecule has 0 aromatic carbocycles. The summed E-state index contributed by atoms with van der Waals surface area (Å²) in [5.41, 5.74) is 0. The number of nitrogens with zero attached hydrogens (tertiary/aromatic N) is 1. The average molecular weight is 278 g/mol. The molecule has 0 amide bonds. The van der Waals surface area contributed by atoms with Gasteiger partial charge in [0.25, 0.3) is 0 Å². The van der Waals surface area contributed by atoms with E-state index in [2.05, 4.69) is 27.8 Å². The van der Waals surface area contributed by atoms with Crippen LogP contribution in [-0.4, -0.2) is 42.6 Å².